The SMILES string of the molecule is CC(C)(C)OC(=O)N1CCN(S(=O)(=O)c2ccc(C(F)F)nc2C2CC2)CC1. The van der Waals surface area contributed by atoms with Gasteiger partial charge < -0.3 is 9.64 Å². The van der Waals surface area contributed by atoms with Crippen LogP contribution in [-0.4, -0.2) is 60.5 Å². The molecular formula is C18H25F2N3O4S. The average molecular weight is 417 g/mol. The molecule has 3 rings (SSSR count). The fourth-order valence-electron chi connectivity index (χ4n) is 3.04. The Bertz CT molecular complexity index is 843. The van der Waals surface area contributed by atoms with E-state index in [0.29, 0.717) is 0 Å². The topological polar surface area (TPSA) is 79.8 Å². The van der Waals surface area contributed by atoms with Gasteiger partial charge in [0, 0.05) is 32.1 Å². The summed E-state index contributed by atoms with van der Waals surface area (Å²) in [6.07, 6.45) is -1.73. The van der Waals surface area contributed by atoms with Gasteiger partial charge in [-0.1, -0.05) is 0 Å². The number of hydrogen-bond acceptors (Lipinski definition) is 5. The number of alkyl halides is 2. The molecule has 0 bridgehead atoms. The van der Waals surface area contributed by atoms with E-state index in [9.17, 15) is 22.0 Å². The third-order valence-corrected chi connectivity index (χ3v) is 6.55. The maximum Gasteiger partial charge on any atom is 0.410 e. The maximum absolute atomic E-state index is 13.1. The van der Waals surface area contributed by atoms with Crippen LogP contribution in [-0.2, 0) is 14.8 Å². The third kappa shape index (κ3) is 4.60. The first-order chi connectivity index (χ1) is 13.0. The highest BCUT2D eigenvalue weighted by atomic mass is 32.2. The first-order valence-corrected chi connectivity index (χ1v) is 10.7. The van der Waals surface area contributed by atoms with Gasteiger partial charge in [-0.15, -0.1) is 0 Å². The van der Waals surface area contributed by atoms with Crippen LogP contribution < -0.4 is 0 Å². The number of ether oxygens (including phenoxy) is 1. The summed E-state index contributed by atoms with van der Waals surface area (Å²) in [4.78, 5) is 17.5. The zero-order valence-electron chi connectivity index (χ0n) is 16.2. The fourth-order valence-corrected chi connectivity index (χ4v) is 4.68. The van der Waals surface area contributed by atoms with Crippen LogP contribution in [0.15, 0.2) is 17.0 Å². The third-order valence-electron chi connectivity index (χ3n) is 4.60. The van der Waals surface area contributed by atoms with Gasteiger partial charge in [-0.3, -0.25) is 4.98 Å². The summed E-state index contributed by atoms with van der Waals surface area (Å²) >= 11 is 0. The Morgan fingerprint density at radius 1 is 1.18 bits per heavy atom. The summed E-state index contributed by atoms with van der Waals surface area (Å²) in [5, 5.41) is 0. The Balaban J connectivity index is 1.75. The van der Waals surface area contributed by atoms with Gasteiger partial charge in [0.2, 0.25) is 10.0 Å². The molecule has 1 amide bonds. The average Bonchev–Trinajstić information content (AvgIpc) is 3.45. The van der Waals surface area contributed by atoms with Crippen molar-refractivity contribution in [3.63, 3.8) is 0 Å². The standard InChI is InChI=1S/C18H25F2N3O4S/c1-18(2,3)27-17(24)22-8-10-23(11-9-22)28(25,26)14-7-6-13(16(19)20)21-15(14)12-4-5-12/h6-7,12,16H,4-5,8-11H2,1-3H3. The molecule has 1 aliphatic carbocycles. The van der Waals surface area contributed by atoms with E-state index in [1.54, 1.807) is 20.8 Å². The highest BCUT2D eigenvalue weighted by molar-refractivity contribution is 7.89. The Morgan fingerprint density at radius 2 is 1.79 bits per heavy atom. The minimum atomic E-state index is -3.88. The van der Waals surface area contributed by atoms with Crippen LogP contribution in [0.3, 0.4) is 0 Å². The number of nitrogens with zero attached hydrogens (tertiary/aromatic N) is 3. The van der Waals surface area contributed by atoms with E-state index in [0.717, 1.165) is 18.9 Å². The van der Waals surface area contributed by atoms with E-state index < -0.39 is 33.8 Å². The van der Waals surface area contributed by atoms with Gasteiger partial charge in [0.25, 0.3) is 6.43 Å². The largest absolute Gasteiger partial charge is 0.444 e. The van der Waals surface area contributed by atoms with Crippen molar-refractivity contribution < 1.29 is 26.7 Å². The van der Waals surface area contributed by atoms with Gasteiger partial charge in [-0.2, -0.15) is 4.31 Å². The van der Waals surface area contributed by atoms with Crippen molar-refractivity contribution in [3.05, 3.63) is 23.5 Å². The monoisotopic (exact) mass is 417 g/mol. The van der Waals surface area contributed by atoms with Crippen LogP contribution in [0.4, 0.5) is 13.6 Å². The number of halogens is 2. The number of amides is 1. The molecule has 10 heteroatoms. The van der Waals surface area contributed by atoms with E-state index in [-0.39, 0.29) is 42.7 Å². The van der Waals surface area contributed by atoms with E-state index in [1.165, 1.54) is 15.3 Å². The Morgan fingerprint density at radius 3 is 2.29 bits per heavy atom. The molecule has 1 aromatic heterocycles. The lowest BCUT2D eigenvalue weighted by Gasteiger charge is -2.35. The van der Waals surface area contributed by atoms with Crippen molar-refractivity contribution in [2.75, 3.05) is 26.2 Å². The maximum atomic E-state index is 13.1. The van der Waals surface area contributed by atoms with Crippen molar-refractivity contribution in [1.29, 1.82) is 0 Å². The molecule has 2 aliphatic rings. The molecule has 0 aromatic carbocycles. The molecule has 2 heterocycles. The normalized spacial score (nSPS) is 19.1. The van der Waals surface area contributed by atoms with Crippen molar-refractivity contribution in [1.82, 2.24) is 14.2 Å². The quantitative estimate of drug-likeness (QED) is 0.752. The summed E-state index contributed by atoms with van der Waals surface area (Å²) in [6.45, 7) is 5.93. The van der Waals surface area contributed by atoms with Crippen LogP contribution in [0, 0.1) is 0 Å². The lowest BCUT2D eigenvalue weighted by molar-refractivity contribution is 0.0192. The van der Waals surface area contributed by atoms with E-state index >= 15 is 0 Å². The van der Waals surface area contributed by atoms with Crippen LogP contribution in [0.5, 0.6) is 0 Å². The molecule has 0 N–H and O–H groups in total. The van der Waals surface area contributed by atoms with Gasteiger partial charge in [0.15, 0.2) is 0 Å². The Labute approximate surface area is 163 Å². The van der Waals surface area contributed by atoms with Crippen molar-refractivity contribution in [2.45, 2.75) is 56.5 Å². The molecular weight excluding hydrogens is 392 g/mol. The summed E-state index contributed by atoms with van der Waals surface area (Å²) in [5.41, 5.74) is -0.805. The highest BCUT2D eigenvalue weighted by Gasteiger charge is 2.37. The Kier molecular flexibility index (Phi) is 5.64. The predicted molar refractivity (Wildman–Crippen MR) is 97.7 cm³/mol. The smallest absolute Gasteiger partial charge is 0.410 e. The number of rotatable bonds is 4. The van der Waals surface area contributed by atoms with Crippen LogP contribution in [0.2, 0.25) is 0 Å². The van der Waals surface area contributed by atoms with Crippen molar-refractivity contribution in [3.8, 4) is 0 Å². The lowest BCUT2D eigenvalue weighted by atomic mass is 10.2. The van der Waals surface area contributed by atoms with Crippen LogP contribution in [0.25, 0.3) is 0 Å². The van der Waals surface area contributed by atoms with E-state index in [2.05, 4.69) is 4.98 Å². The molecule has 2 fully saturated rings. The first-order valence-electron chi connectivity index (χ1n) is 9.26. The Hall–Kier alpha value is -1.81. The van der Waals surface area contributed by atoms with Crippen LogP contribution in [0.1, 0.15) is 57.3 Å². The zero-order valence-corrected chi connectivity index (χ0v) is 17.0. The molecule has 1 saturated carbocycles. The minimum Gasteiger partial charge on any atom is -0.444 e. The summed E-state index contributed by atoms with van der Waals surface area (Å²) < 4.78 is 58.7. The number of carbonyl (C=O) groups excluding carboxylic acids is 1. The van der Waals surface area contributed by atoms with E-state index in [1.807, 2.05) is 0 Å². The number of piperazine rings is 1. The predicted octanol–water partition coefficient (Wildman–Crippen LogP) is 3.14. The fraction of sp³-hybridized carbons (Fsp3) is 0.667. The second-order valence-electron chi connectivity index (χ2n) is 8.07. The molecule has 1 aromatic rings. The molecule has 0 atom stereocenters. The van der Waals surface area contributed by atoms with Crippen molar-refractivity contribution >= 4 is 16.1 Å². The molecule has 0 radical (unpaired) electrons. The number of hydrogen-bond donors (Lipinski definition) is 0. The molecule has 1 saturated heterocycles. The number of sulfonamides is 1. The van der Waals surface area contributed by atoms with Gasteiger partial charge >= 0.3 is 6.09 Å². The van der Waals surface area contributed by atoms with E-state index in [4.69, 9.17) is 4.74 Å². The van der Waals surface area contributed by atoms with Gasteiger partial charge in [-0.25, -0.2) is 22.0 Å². The minimum absolute atomic E-state index is 0.00915. The number of pyridine rings is 1. The summed E-state index contributed by atoms with van der Waals surface area (Å²) in [7, 11) is -3.88. The zero-order chi connectivity index (χ0) is 20.7. The molecule has 7 nitrogen and oxygen atoms in total. The molecule has 156 valence electrons. The van der Waals surface area contributed by atoms with Gasteiger partial charge in [-0.05, 0) is 45.7 Å². The highest BCUT2D eigenvalue weighted by Crippen LogP contribution is 2.43. The van der Waals surface area contributed by atoms with Crippen LogP contribution >= 0.6 is 0 Å². The first kappa shape index (κ1) is 20.9. The molecule has 0 spiro atoms. The van der Waals surface area contributed by atoms with Gasteiger partial charge in [0.05, 0.1) is 5.69 Å². The molecule has 0 unspecified atom stereocenters. The lowest BCUT2D eigenvalue weighted by Crippen LogP contribution is -2.51. The summed E-state index contributed by atoms with van der Waals surface area (Å²) in [6, 6.07) is 2.30. The number of aromatic nitrogens is 1. The van der Waals surface area contributed by atoms with Crippen molar-refractivity contribution in [2.24, 2.45) is 0 Å². The second-order valence-corrected chi connectivity index (χ2v) is 9.97. The summed E-state index contributed by atoms with van der Waals surface area (Å²) in [5.74, 6) is -0.0912. The molecule has 1 aliphatic heterocycles. The number of carbonyl (C=O) groups is 1. The van der Waals surface area contributed by atoms with Gasteiger partial charge in [0.1, 0.15) is 16.2 Å². The molecule has 28 heavy (non-hydrogen) atoms. The second kappa shape index (κ2) is 7.55.